The van der Waals surface area contributed by atoms with Gasteiger partial charge in [0.05, 0.1) is 18.5 Å². The number of halogens is 1. The molecule has 98 valence electrons. The van der Waals surface area contributed by atoms with Gasteiger partial charge in [-0.15, -0.1) is 0 Å². The summed E-state index contributed by atoms with van der Waals surface area (Å²) in [4.78, 5) is 0. The molecule has 5 heteroatoms. The quantitative estimate of drug-likeness (QED) is 0.886. The fourth-order valence-electron chi connectivity index (χ4n) is 1.72. The minimum Gasteiger partial charge on any atom is -0.466 e. The molecule has 2 aromatic rings. The normalized spacial score (nSPS) is 13.6. The molecule has 0 aliphatic carbocycles. The van der Waals surface area contributed by atoms with Crippen molar-refractivity contribution >= 4 is 5.69 Å². The van der Waals surface area contributed by atoms with Crippen molar-refractivity contribution in [3.05, 3.63) is 53.7 Å². The Hall–Kier alpha value is -2.32. The van der Waals surface area contributed by atoms with E-state index in [0.29, 0.717) is 11.4 Å². The average Bonchev–Trinajstić information content (AvgIpc) is 2.91. The second kappa shape index (κ2) is 5.12. The Balaban J connectivity index is 2.16. The lowest BCUT2D eigenvalue weighted by molar-refractivity contribution is 0.0476. The highest BCUT2D eigenvalue weighted by Gasteiger charge is 2.26. The maximum Gasteiger partial charge on any atom is 0.143 e. The van der Waals surface area contributed by atoms with Gasteiger partial charge < -0.3 is 14.8 Å². The molecular formula is C14H13FN2O2. The number of rotatable bonds is 4. The largest absolute Gasteiger partial charge is 0.466 e. The summed E-state index contributed by atoms with van der Waals surface area (Å²) in [6, 6.07) is 9.42. The third-order valence-electron chi connectivity index (χ3n) is 2.80. The van der Waals surface area contributed by atoms with Crippen LogP contribution in [-0.4, -0.2) is 11.7 Å². The number of nitrogens with one attached hydrogen (secondary N) is 1. The third-order valence-corrected chi connectivity index (χ3v) is 2.80. The van der Waals surface area contributed by atoms with E-state index in [9.17, 15) is 9.50 Å². The summed E-state index contributed by atoms with van der Waals surface area (Å²) < 4.78 is 18.5. The predicted octanol–water partition coefficient (Wildman–Crippen LogP) is 2.61. The molecule has 0 saturated carbocycles. The van der Waals surface area contributed by atoms with Crippen LogP contribution in [-0.2, 0) is 5.60 Å². The second-order valence-corrected chi connectivity index (χ2v) is 4.38. The fourth-order valence-corrected chi connectivity index (χ4v) is 1.72. The first kappa shape index (κ1) is 13.1. The van der Waals surface area contributed by atoms with E-state index >= 15 is 0 Å². The molecule has 2 rings (SSSR count). The minimum atomic E-state index is -1.25. The van der Waals surface area contributed by atoms with Crippen molar-refractivity contribution in [3.63, 3.8) is 0 Å². The Morgan fingerprint density at radius 3 is 2.84 bits per heavy atom. The van der Waals surface area contributed by atoms with Gasteiger partial charge in [-0.05, 0) is 31.2 Å². The number of anilines is 1. The Kier molecular flexibility index (Phi) is 3.54. The zero-order valence-corrected chi connectivity index (χ0v) is 10.4. The summed E-state index contributed by atoms with van der Waals surface area (Å²) in [7, 11) is 0. The molecule has 0 aliphatic rings. The molecule has 1 atom stereocenters. The zero-order valence-electron chi connectivity index (χ0n) is 10.4. The number of hydrogen-bond donors (Lipinski definition) is 2. The van der Waals surface area contributed by atoms with Crippen molar-refractivity contribution < 1.29 is 13.9 Å². The molecule has 0 radical (unpaired) electrons. The van der Waals surface area contributed by atoms with Crippen LogP contribution in [0.15, 0.2) is 41.0 Å². The number of nitrogens with zero attached hydrogens (tertiary/aromatic N) is 1. The lowest BCUT2D eigenvalue weighted by atomic mass is 10.0. The second-order valence-electron chi connectivity index (χ2n) is 4.38. The van der Waals surface area contributed by atoms with E-state index in [2.05, 4.69) is 5.32 Å². The number of nitriles is 1. The van der Waals surface area contributed by atoms with Crippen LogP contribution in [0.3, 0.4) is 0 Å². The van der Waals surface area contributed by atoms with Crippen LogP contribution in [0, 0.1) is 17.1 Å². The molecule has 4 nitrogen and oxygen atoms in total. The fraction of sp³-hybridized carbons (Fsp3) is 0.214. The molecule has 0 amide bonds. The van der Waals surface area contributed by atoms with Crippen LogP contribution in [0.2, 0.25) is 0 Å². The summed E-state index contributed by atoms with van der Waals surface area (Å²) in [6.07, 6.45) is 1.46. The van der Waals surface area contributed by atoms with Crippen LogP contribution < -0.4 is 5.32 Å². The topological polar surface area (TPSA) is 69.2 Å². The summed E-state index contributed by atoms with van der Waals surface area (Å²) in [5.74, 6) is -0.194. The van der Waals surface area contributed by atoms with Gasteiger partial charge in [0, 0.05) is 0 Å². The van der Waals surface area contributed by atoms with Crippen molar-refractivity contribution in [2.75, 3.05) is 11.9 Å². The van der Waals surface area contributed by atoms with Crippen molar-refractivity contribution in [2.45, 2.75) is 12.5 Å². The number of benzene rings is 1. The monoisotopic (exact) mass is 260 g/mol. The van der Waals surface area contributed by atoms with E-state index in [1.165, 1.54) is 18.4 Å². The average molecular weight is 260 g/mol. The van der Waals surface area contributed by atoms with E-state index in [4.69, 9.17) is 9.68 Å². The predicted molar refractivity (Wildman–Crippen MR) is 67.9 cm³/mol. The number of furan rings is 1. The number of hydrogen-bond acceptors (Lipinski definition) is 4. The SMILES string of the molecule is CC(O)(CNc1cccc(F)c1C#N)c1ccco1. The molecule has 0 spiro atoms. The van der Waals surface area contributed by atoms with Gasteiger partial charge in [0.25, 0.3) is 0 Å². The Morgan fingerprint density at radius 2 is 2.21 bits per heavy atom. The van der Waals surface area contributed by atoms with Crippen LogP contribution in [0.5, 0.6) is 0 Å². The summed E-state index contributed by atoms with van der Waals surface area (Å²) in [6.45, 7) is 1.67. The first-order valence-corrected chi connectivity index (χ1v) is 5.73. The zero-order chi connectivity index (χ0) is 13.9. The Bertz CT molecular complexity index is 600. The highest BCUT2D eigenvalue weighted by molar-refractivity contribution is 5.58. The van der Waals surface area contributed by atoms with Gasteiger partial charge in [0.15, 0.2) is 0 Å². The van der Waals surface area contributed by atoms with Gasteiger partial charge in [-0.2, -0.15) is 5.26 Å². The van der Waals surface area contributed by atoms with Crippen molar-refractivity contribution in [1.82, 2.24) is 0 Å². The summed E-state index contributed by atoms with van der Waals surface area (Å²) >= 11 is 0. The van der Waals surface area contributed by atoms with E-state index in [1.54, 1.807) is 31.2 Å². The van der Waals surface area contributed by atoms with Gasteiger partial charge in [-0.1, -0.05) is 6.07 Å². The van der Waals surface area contributed by atoms with E-state index < -0.39 is 11.4 Å². The molecule has 0 aliphatic heterocycles. The first-order valence-electron chi connectivity index (χ1n) is 5.73. The lowest BCUT2D eigenvalue weighted by Gasteiger charge is -2.22. The van der Waals surface area contributed by atoms with Gasteiger partial charge in [-0.3, -0.25) is 0 Å². The first-order chi connectivity index (χ1) is 9.04. The van der Waals surface area contributed by atoms with Gasteiger partial charge in [0.2, 0.25) is 0 Å². The van der Waals surface area contributed by atoms with E-state index in [-0.39, 0.29) is 12.1 Å². The lowest BCUT2D eigenvalue weighted by Crippen LogP contribution is -2.30. The van der Waals surface area contributed by atoms with Crippen LogP contribution >= 0.6 is 0 Å². The van der Waals surface area contributed by atoms with Gasteiger partial charge in [0.1, 0.15) is 28.8 Å². The maximum atomic E-state index is 13.4. The van der Waals surface area contributed by atoms with Crippen LogP contribution in [0.25, 0.3) is 0 Å². The highest BCUT2D eigenvalue weighted by Crippen LogP contribution is 2.23. The van der Waals surface area contributed by atoms with E-state index in [0.717, 1.165) is 0 Å². The summed E-state index contributed by atoms with van der Waals surface area (Å²) in [5, 5.41) is 22.0. The molecule has 0 fully saturated rings. The molecule has 0 saturated heterocycles. The molecule has 19 heavy (non-hydrogen) atoms. The third kappa shape index (κ3) is 2.75. The molecule has 2 N–H and O–H groups in total. The smallest absolute Gasteiger partial charge is 0.143 e. The highest BCUT2D eigenvalue weighted by atomic mass is 19.1. The standard InChI is InChI=1S/C14H13FN2O2/c1-14(18,13-6-3-7-19-13)9-17-12-5-2-4-11(15)10(12)8-16/h2-7,17-18H,9H2,1H3. The van der Waals surface area contributed by atoms with Crippen molar-refractivity contribution in [3.8, 4) is 6.07 Å². The minimum absolute atomic E-state index is 0.0715. The van der Waals surface area contributed by atoms with Crippen molar-refractivity contribution in [2.24, 2.45) is 0 Å². The summed E-state index contributed by atoms with van der Waals surface area (Å²) in [5.41, 5.74) is -0.977. The van der Waals surface area contributed by atoms with E-state index in [1.807, 2.05) is 0 Å². The molecule has 1 heterocycles. The number of aliphatic hydroxyl groups is 1. The maximum absolute atomic E-state index is 13.4. The molecule has 1 aromatic heterocycles. The molecule has 1 aromatic carbocycles. The molecule has 1 unspecified atom stereocenters. The van der Waals surface area contributed by atoms with Gasteiger partial charge >= 0.3 is 0 Å². The Labute approximate surface area is 110 Å². The van der Waals surface area contributed by atoms with Crippen LogP contribution in [0.1, 0.15) is 18.2 Å². The molecular weight excluding hydrogens is 247 g/mol. The van der Waals surface area contributed by atoms with Crippen LogP contribution in [0.4, 0.5) is 10.1 Å². The molecule has 0 bridgehead atoms. The van der Waals surface area contributed by atoms with Crippen molar-refractivity contribution in [1.29, 1.82) is 5.26 Å². The Morgan fingerprint density at radius 1 is 1.42 bits per heavy atom. The van der Waals surface area contributed by atoms with Gasteiger partial charge in [-0.25, -0.2) is 4.39 Å².